The molecule has 3 aromatic rings. The van der Waals surface area contributed by atoms with Crippen molar-refractivity contribution in [1.82, 2.24) is 19.7 Å². The zero-order valence-corrected chi connectivity index (χ0v) is 12.3. The zero-order chi connectivity index (χ0) is 15.7. The van der Waals surface area contributed by atoms with Crippen LogP contribution >= 0.6 is 0 Å². The number of aryl methyl sites for hydroxylation is 2. The number of H-pyrrole nitrogens is 1. The molecule has 0 bridgehead atoms. The van der Waals surface area contributed by atoms with Crippen LogP contribution in [0.5, 0.6) is 0 Å². The van der Waals surface area contributed by atoms with Crippen LogP contribution in [0, 0.1) is 13.8 Å². The van der Waals surface area contributed by atoms with E-state index < -0.39 is 0 Å². The maximum atomic E-state index is 12.0. The molecule has 0 aliphatic carbocycles. The quantitative estimate of drug-likeness (QED) is 0.685. The number of nitrogens with one attached hydrogen (secondary N) is 2. The summed E-state index contributed by atoms with van der Waals surface area (Å²) in [6.45, 7) is 3.92. The van der Waals surface area contributed by atoms with Crippen molar-refractivity contribution in [2.45, 2.75) is 13.8 Å². The van der Waals surface area contributed by atoms with Gasteiger partial charge in [0.25, 0.3) is 5.56 Å². The van der Waals surface area contributed by atoms with Crippen molar-refractivity contribution in [2.75, 3.05) is 11.1 Å². The predicted octanol–water partition coefficient (Wildman–Crippen LogP) is 1.90. The van der Waals surface area contributed by atoms with E-state index in [-0.39, 0.29) is 11.5 Å². The number of nitrogens with zero attached hydrogens (tertiary/aromatic N) is 3. The van der Waals surface area contributed by atoms with Crippen LogP contribution in [0.3, 0.4) is 0 Å². The molecule has 2 aromatic heterocycles. The van der Waals surface area contributed by atoms with Crippen LogP contribution in [0.2, 0.25) is 0 Å². The minimum Gasteiger partial charge on any atom is -0.368 e. The lowest BCUT2D eigenvalue weighted by Gasteiger charge is -2.14. The average molecular weight is 296 g/mol. The average Bonchev–Trinajstić information content (AvgIpc) is 2.85. The predicted molar refractivity (Wildman–Crippen MR) is 85.6 cm³/mol. The smallest absolute Gasteiger partial charge is 0.255 e. The van der Waals surface area contributed by atoms with E-state index in [9.17, 15) is 4.79 Å². The fraction of sp³-hybridized carbons (Fsp3) is 0.133. The van der Waals surface area contributed by atoms with E-state index in [2.05, 4.69) is 20.5 Å². The Balaban J connectivity index is 2.02. The second-order valence-corrected chi connectivity index (χ2v) is 5.04. The third-order valence-corrected chi connectivity index (χ3v) is 3.31. The van der Waals surface area contributed by atoms with Gasteiger partial charge >= 0.3 is 0 Å². The van der Waals surface area contributed by atoms with Gasteiger partial charge in [-0.1, -0.05) is 6.07 Å². The van der Waals surface area contributed by atoms with Crippen LogP contribution in [0.4, 0.5) is 17.6 Å². The van der Waals surface area contributed by atoms with Crippen molar-refractivity contribution < 1.29 is 0 Å². The molecule has 7 heteroatoms. The number of aromatic amines is 1. The van der Waals surface area contributed by atoms with Gasteiger partial charge in [0, 0.05) is 18.0 Å². The first-order chi connectivity index (χ1) is 10.5. The Bertz CT molecular complexity index is 856. The molecule has 0 atom stereocenters. The highest BCUT2D eigenvalue weighted by molar-refractivity contribution is 5.62. The Kier molecular flexibility index (Phi) is 3.38. The summed E-state index contributed by atoms with van der Waals surface area (Å²) in [7, 11) is 0. The summed E-state index contributed by atoms with van der Waals surface area (Å²) in [5.41, 5.74) is 9.10. The standard InChI is InChI=1S/C15H16N6O/c1-9-7-11(17-15-18-14(16)19-20-15)8-10(2)13(9)21-6-4-3-5-12(21)22/h3-8H,1-2H3,(H4,16,17,18,19,20). The largest absolute Gasteiger partial charge is 0.368 e. The Labute approximate surface area is 126 Å². The van der Waals surface area contributed by atoms with Crippen LogP contribution in [-0.4, -0.2) is 19.7 Å². The summed E-state index contributed by atoms with van der Waals surface area (Å²) in [6.07, 6.45) is 1.76. The van der Waals surface area contributed by atoms with Gasteiger partial charge in [-0.15, -0.1) is 5.10 Å². The van der Waals surface area contributed by atoms with Crippen molar-refractivity contribution in [3.05, 3.63) is 58.0 Å². The fourth-order valence-electron chi connectivity index (χ4n) is 2.48. The molecule has 1 aromatic carbocycles. The maximum Gasteiger partial charge on any atom is 0.255 e. The highest BCUT2D eigenvalue weighted by Crippen LogP contribution is 2.24. The number of hydrogen-bond donors (Lipinski definition) is 3. The molecule has 0 saturated carbocycles. The van der Waals surface area contributed by atoms with E-state index in [4.69, 9.17) is 5.73 Å². The zero-order valence-electron chi connectivity index (χ0n) is 12.3. The summed E-state index contributed by atoms with van der Waals surface area (Å²) in [5.74, 6) is 0.657. The summed E-state index contributed by atoms with van der Waals surface area (Å²) >= 11 is 0. The van der Waals surface area contributed by atoms with Crippen molar-refractivity contribution in [2.24, 2.45) is 0 Å². The molecule has 4 N–H and O–H groups in total. The maximum absolute atomic E-state index is 12.0. The first-order valence-corrected chi connectivity index (χ1v) is 6.79. The Morgan fingerprint density at radius 2 is 1.95 bits per heavy atom. The second kappa shape index (κ2) is 5.36. The monoisotopic (exact) mass is 296 g/mol. The molecule has 7 nitrogen and oxygen atoms in total. The van der Waals surface area contributed by atoms with Gasteiger partial charge < -0.3 is 11.1 Å². The molecule has 2 heterocycles. The molecule has 22 heavy (non-hydrogen) atoms. The fourth-order valence-corrected chi connectivity index (χ4v) is 2.48. The number of anilines is 3. The third kappa shape index (κ3) is 2.56. The highest BCUT2D eigenvalue weighted by Gasteiger charge is 2.09. The minimum atomic E-state index is -0.0591. The Morgan fingerprint density at radius 1 is 1.23 bits per heavy atom. The van der Waals surface area contributed by atoms with E-state index in [1.165, 1.54) is 0 Å². The minimum absolute atomic E-state index is 0.0591. The van der Waals surface area contributed by atoms with Gasteiger partial charge in [0.05, 0.1) is 5.69 Å². The third-order valence-electron chi connectivity index (χ3n) is 3.31. The van der Waals surface area contributed by atoms with Gasteiger partial charge in [-0.2, -0.15) is 4.98 Å². The number of nitrogen functional groups attached to an aromatic ring is 1. The molecule has 3 rings (SSSR count). The second-order valence-electron chi connectivity index (χ2n) is 5.04. The molecule has 0 fully saturated rings. The van der Waals surface area contributed by atoms with Crippen molar-refractivity contribution in [3.8, 4) is 5.69 Å². The summed E-state index contributed by atoms with van der Waals surface area (Å²) in [4.78, 5) is 16.0. The number of aromatic nitrogens is 4. The van der Waals surface area contributed by atoms with Crippen LogP contribution in [0.15, 0.2) is 41.3 Å². The summed E-state index contributed by atoms with van der Waals surface area (Å²) in [5, 5.41) is 9.59. The van der Waals surface area contributed by atoms with Gasteiger partial charge in [-0.05, 0) is 43.2 Å². The van der Waals surface area contributed by atoms with Crippen LogP contribution < -0.4 is 16.6 Å². The molecule has 0 spiro atoms. The van der Waals surface area contributed by atoms with Crippen molar-refractivity contribution >= 4 is 17.6 Å². The van der Waals surface area contributed by atoms with Gasteiger partial charge in [0.1, 0.15) is 0 Å². The first-order valence-electron chi connectivity index (χ1n) is 6.79. The van der Waals surface area contributed by atoms with E-state index in [0.717, 1.165) is 22.5 Å². The summed E-state index contributed by atoms with van der Waals surface area (Å²) in [6, 6.07) is 8.99. The normalized spacial score (nSPS) is 10.6. The number of benzene rings is 1. The lowest BCUT2D eigenvalue weighted by molar-refractivity contribution is 0.965. The SMILES string of the molecule is Cc1cc(Nc2n[nH]c(N)n2)cc(C)c1-n1ccccc1=O. The number of hydrogen-bond acceptors (Lipinski definition) is 5. The van der Waals surface area contributed by atoms with Crippen LogP contribution in [-0.2, 0) is 0 Å². The first kappa shape index (κ1) is 13.9. The van der Waals surface area contributed by atoms with E-state index >= 15 is 0 Å². The molecule has 0 unspecified atom stereocenters. The molecule has 112 valence electrons. The van der Waals surface area contributed by atoms with Crippen molar-refractivity contribution in [1.29, 1.82) is 0 Å². The Morgan fingerprint density at radius 3 is 2.55 bits per heavy atom. The number of pyridine rings is 1. The van der Waals surface area contributed by atoms with Gasteiger partial charge in [-0.3, -0.25) is 9.36 Å². The van der Waals surface area contributed by atoms with Gasteiger partial charge in [0.15, 0.2) is 0 Å². The topological polar surface area (TPSA) is 102 Å². The Hall–Kier alpha value is -3.09. The van der Waals surface area contributed by atoms with Gasteiger partial charge in [-0.25, -0.2) is 5.10 Å². The van der Waals surface area contributed by atoms with Crippen LogP contribution in [0.1, 0.15) is 11.1 Å². The molecule has 0 aliphatic rings. The molecule has 0 radical (unpaired) electrons. The molecular weight excluding hydrogens is 280 g/mol. The van der Waals surface area contributed by atoms with Crippen molar-refractivity contribution in [3.63, 3.8) is 0 Å². The molecule has 0 amide bonds. The molecule has 0 saturated heterocycles. The molecular formula is C15H16N6O. The number of rotatable bonds is 3. The highest BCUT2D eigenvalue weighted by atomic mass is 16.1. The lowest BCUT2D eigenvalue weighted by atomic mass is 10.1. The van der Waals surface area contributed by atoms with E-state index in [0.29, 0.717) is 5.95 Å². The number of nitrogens with two attached hydrogens (primary N) is 1. The van der Waals surface area contributed by atoms with E-state index in [1.54, 1.807) is 22.9 Å². The summed E-state index contributed by atoms with van der Waals surface area (Å²) < 4.78 is 1.64. The lowest BCUT2D eigenvalue weighted by Crippen LogP contribution is -2.17. The molecule has 0 aliphatic heterocycles. The van der Waals surface area contributed by atoms with E-state index in [1.807, 2.05) is 32.0 Å². The van der Waals surface area contributed by atoms with Gasteiger partial charge in [0.2, 0.25) is 11.9 Å². The van der Waals surface area contributed by atoms with Crippen LogP contribution in [0.25, 0.3) is 5.69 Å².